The van der Waals surface area contributed by atoms with Crippen molar-refractivity contribution in [3.63, 3.8) is 0 Å². The summed E-state index contributed by atoms with van der Waals surface area (Å²) in [6.45, 7) is 0. The number of ketones is 2. The van der Waals surface area contributed by atoms with Gasteiger partial charge in [-0.3, -0.25) is 9.59 Å². The van der Waals surface area contributed by atoms with E-state index in [2.05, 4.69) is 0 Å². The lowest BCUT2D eigenvalue weighted by Crippen LogP contribution is -2.22. The molecule has 0 aliphatic rings. The zero-order valence-corrected chi connectivity index (χ0v) is 11.8. The minimum absolute atomic E-state index is 0.132. The molecule has 116 valence electrons. The second-order valence-corrected chi connectivity index (χ2v) is 5.04. The van der Waals surface area contributed by atoms with Gasteiger partial charge in [0.15, 0.2) is 0 Å². The molecule has 1 aromatic carbocycles. The molecule has 0 radical (unpaired) electrons. The average molecular weight is 300 g/mol. The third-order valence-electron chi connectivity index (χ3n) is 3.17. The number of halogens is 3. The van der Waals surface area contributed by atoms with Crippen LogP contribution in [0.4, 0.5) is 13.2 Å². The molecule has 0 fully saturated rings. The van der Waals surface area contributed by atoms with Crippen LogP contribution < -0.4 is 0 Å². The molecule has 0 heterocycles. The molecule has 0 aliphatic carbocycles. The SMILES string of the molecule is O=C(CCCCCCC(=O)C(F)(F)F)Cc1ccccc1. The van der Waals surface area contributed by atoms with Gasteiger partial charge >= 0.3 is 6.18 Å². The van der Waals surface area contributed by atoms with Crippen LogP contribution in [0.1, 0.15) is 44.1 Å². The molecule has 0 spiro atoms. The first-order chi connectivity index (χ1) is 9.89. The van der Waals surface area contributed by atoms with E-state index in [-0.39, 0.29) is 12.2 Å². The summed E-state index contributed by atoms with van der Waals surface area (Å²) < 4.78 is 35.8. The van der Waals surface area contributed by atoms with Gasteiger partial charge in [0.05, 0.1) is 0 Å². The topological polar surface area (TPSA) is 34.1 Å². The Morgan fingerprint density at radius 2 is 1.43 bits per heavy atom. The number of alkyl halides is 3. The van der Waals surface area contributed by atoms with Crippen LogP contribution >= 0.6 is 0 Å². The first-order valence-electron chi connectivity index (χ1n) is 7.05. The van der Waals surface area contributed by atoms with Gasteiger partial charge in [0.1, 0.15) is 5.78 Å². The minimum atomic E-state index is -4.72. The Kier molecular flexibility index (Phi) is 7.12. The maximum absolute atomic E-state index is 11.9. The van der Waals surface area contributed by atoms with Crippen molar-refractivity contribution in [2.75, 3.05) is 0 Å². The highest BCUT2D eigenvalue weighted by Crippen LogP contribution is 2.19. The van der Waals surface area contributed by atoms with E-state index < -0.39 is 18.4 Å². The van der Waals surface area contributed by atoms with E-state index in [9.17, 15) is 22.8 Å². The largest absolute Gasteiger partial charge is 0.449 e. The highest BCUT2D eigenvalue weighted by Gasteiger charge is 2.36. The van der Waals surface area contributed by atoms with Crippen LogP contribution in [0.3, 0.4) is 0 Å². The van der Waals surface area contributed by atoms with Gasteiger partial charge in [-0.05, 0) is 18.4 Å². The molecule has 21 heavy (non-hydrogen) atoms. The summed E-state index contributed by atoms with van der Waals surface area (Å²) in [7, 11) is 0. The molecule has 1 rings (SSSR count). The number of hydrogen-bond acceptors (Lipinski definition) is 2. The van der Waals surface area contributed by atoms with E-state index >= 15 is 0 Å². The van der Waals surface area contributed by atoms with E-state index in [1.165, 1.54) is 0 Å². The van der Waals surface area contributed by atoms with E-state index in [0.717, 1.165) is 5.56 Å². The van der Waals surface area contributed by atoms with Crippen LogP contribution in [0.2, 0.25) is 0 Å². The minimum Gasteiger partial charge on any atom is -0.299 e. The highest BCUT2D eigenvalue weighted by atomic mass is 19.4. The van der Waals surface area contributed by atoms with Crippen LogP contribution in [-0.2, 0) is 16.0 Å². The van der Waals surface area contributed by atoms with Gasteiger partial charge in [0.2, 0.25) is 5.78 Å². The zero-order chi connectivity index (χ0) is 15.7. The molecule has 0 bridgehead atoms. The molecule has 5 heteroatoms. The maximum Gasteiger partial charge on any atom is 0.449 e. The Morgan fingerprint density at radius 3 is 2.00 bits per heavy atom. The van der Waals surface area contributed by atoms with Gasteiger partial charge in [-0.1, -0.05) is 43.2 Å². The van der Waals surface area contributed by atoms with Crippen molar-refractivity contribution in [1.82, 2.24) is 0 Å². The monoisotopic (exact) mass is 300 g/mol. The first-order valence-corrected chi connectivity index (χ1v) is 7.05. The molecule has 0 aliphatic heterocycles. The molecule has 0 N–H and O–H groups in total. The fraction of sp³-hybridized carbons (Fsp3) is 0.500. The molecule has 0 saturated heterocycles. The third kappa shape index (κ3) is 7.63. The molecule has 0 aromatic heterocycles. The second kappa shape index (κ2) is 8.60. The molecular formula is C16H19F3O2. The van der Waals surface area contributed by atoms with Crippen LogP contribution in [0.5, 0.6) is 0 Å². The van der Waals surface area contributed by atoms with Crippen molar-refractivity contribution < 1.29 is 22.8 Å². The summed E-state index contributed by atoms with van der Waals surface area (Å²) >= 11 is 0. The van der Waals surface area contributed by atoms with Crippen molar-refractivity contribution in [3.8, 4) is 0 Å². The van der Waals surface area contributed by atoms with Gasteiger partial charge in [-0.2, -0.15) is 13.2 Å². The summed E-state index contributed by atoms with van der Waals surface area (Å²) in [6.07, 6.45) is -2.24. The van der Waals surface area contributed by atoms with Crippen molar-refractivity contribution in [2.45, 2.75) is 51.1 Å². The van der Waals surface area contributed by atoms with Gasteiger partial charge in [-0.25, -0.2) is 0 Å². The number of carbonyl (C=O) groups excluding carboxylic acids is 2. The Bertz CT molecular complexity index is 452. The van der Waals surface area contributed by atoms with Crippen LogP contribution in [-0.4, -0.2) is 17.7 Å². The average Bonchev–Trinajstić information content (AvgIpc) is 2.42. The summed E-state index contributed by atoms with van der Waals surface area (Å²) in [4.78, 5) is 22.3. The molecule has 0 atom stereocenters. The summed E-state index contributed by atoms with van der Waals surface area (Å²) in [5.41, 5.74) is 0.971. The van der Waals surface area contributed by atoms with Gasteiger partial charge < -0.3 is 0 Å². The quantitative estimate of drug-likeness (QED) is 0.638. The van der Waals surface area contributed by atoms with Crippen molar-refractivity contribution in [2.24, 2.45) is 0 Å². The Morgan fingerprint density at radius 1 is 0.857 bits per heavy atom. The number of carbonyl (C=O) groups is 2. The standard InChI is InChI=1S/C16H19F3O2/c17-16(18,19)15(21)11-7-2-1-6-10-14(20)12-13-8-4-3-5-9-13/h3-5,8-9H,1-2,6-7,10-12H2. The molecule has 1 aromatic rings. The maximum atomic E-state index is 11.9. The van der Waals surface area contributed by atoms with Crippen molar-refractivity contribution in [3.05, 3.63) is 35.9 Å². The summed E-state index contributed by atoms with van der Waals surface area (Å²) in [5.74, 6) is -1.53. The first kappa shape index (κ1) is 17.4. The van der Waals surface area contributed by atoms with Crippen LogP contribution in [0.25, 0.3) is 0 Å². The number of hydrogen-bond donors (Lipinski definition) is 0. The van der Waals surface area contributed by atoms with Gasteiger partial charge in [0.25, 0.3) is 0 Å². The predicted octanol–water partition coefficient (Wildman–Crippen LogP) is 4.27. The highest BCUT2D eigenvalue weighted by molar-refractivity contribution is 5.83. The molecule has 0 amide bonds. The molecule has 0 saturated carbocycles. The lowest BCUT2D eigenvalue weighted by molar-refractivity contribution is -0.171. The van der Waals surface area contributed by atoms with E-state index in [1.807, 2.05) is 30.3 Å². The lowest BCUT2D eigenvalue weighted by atomic mass is 10.0. The molecule has 2 nitrogen and oxygen atoms in total. The summed E-state index contributed by atoms with van der Waals surface area (Å²) in [6, 6.07) is 9.41. The Labute approximate surface area is 122 Å². The summed E-state index contributed by atoms with van der Waals surface area (Å²) in [5, 5.41) is 0. The third-order valence-corrected chi connectivity index (χ3v) is 3.17. The van der Waals surface area contributed by atoms with Gasteiger partial charge in [0, 0.05) is 19.3 Å². The van der Waals surface area contributed by atoms with Gasteiger partial charge in [-0.15, -0.1) is 0 Å². The number of rotatable bonds is 9. The molecule has 0 unspecified atom stereocenters. The zero-order valence-electron chi connectivity index (χ0n) is 11.8. The van der Waals surface area contributed by atoms with E-state index in [1.54, 1.807) is 0 Å². The number of Topliss-reactive ketones (excluding diaryl/α,β-unsaturated/α-hetero) is 2. The second-order valence-electron chi connectivity index (χ2n) is 5.04. The normalized spacial score (nSPS) is 11.4. The van der Waals surface area contributed by atoms with Crippen molar-refractivity contribution >= 4 is 11.6 Å². The van der Waals surface area contributed by atoms with Crippen LogP contribution in [0.15, 0.2) is 30.3 Å². The lowest BCUT2D eigenvalue weighted by Gasteiger charge is -2.05. The predicted molar refractivity (Wildman–Crippen MR) is 73.9 cm³/mol. The fourth-order valence-electron chi connectivity index (χ4n) is 2.01. The van der Waals surface area contributed by atoms with E-state index in [4.69, 9.17) is 0 Å². The smallest absolute Gasteiger partial charge is 0.299 e. The Hall–Kier alpha value is -1.65. The number of benzene rings is 1. The number of unbranched alkanes of at least 4 members (excludes halogenated alkanes) is 3. The van der Waals surface area contributed by atoms with Crippen molar-refractivity contribution in [1.29, 1.82) is 0 Å². The van der Waals surface area contributed by atoms with E-state index in [0.29, 0.717) is 32.1 Å². The van der Waals surface area contributed by atoms with Crippen LogP contribution in [0, 0.1) is 0 Å². The Balaban J connectivity index is 2.07. The molecular weight excluding hydrogens is 281 g/mol. The fourth-order valence-corrected chi connectivity index (χ4v) is 2.01.